The lowest BCUT2D eigenvalue weighted by Crippen LogP contribution is -2.29. The van der Waals surface area contributed by atoms with Gasteiger partial charge in [-0.15, -0.1) is 10.2 Å². The van der Waals surface area contributed by atoms with Crippen molar-refractivity contribution in [1.29, 1.82) is 0 Å². The number of imidazole rings is 1. The molecule has 0 radical (unpaired) electrons. The van der Waals surface area contributed by atoms with E-state index in [4.69, 9.17) is 11.6 Å². The van der Waals surface area contributed by atoms with Crippen molar-refractivity contribution in [3.05, 3.63) is 80.7 Å². The van der Waals surface area contributed by atoms with Crippen molar-refractivity contribution in [2.24, 2.45) is 0 Å². The molecule has 1 N–H and O–H groups in total. The Kier molecular flexibility index (Phi) is 5.02. The van der Waals surface area contributed by atoms with Gasteiger partial charge in [-0.05, 0) is 50.1 Å². The highest BCUT2D eigenvalue weighted by molar-refractivity contribution is 7.15. The minimum absolute atomic E-state index is 0.0701. The van der Waals surface area contributed by atoms with E-state index in [0.29, 0.717) is 26.9 Å². The number of benzene rings is 1. The fourth-order valence-electron chi connectivity index (χ4n) is 4.08. The Bertz CT molecular complexity index is 1490. The quantitative estimate of drug-likeness (QED) is 0.266. The molecule has 1 unspecified atom stereocenters. The molecule has 1 atom stereocenters. The minimum Gasteiger partial charge on any atom is -0.505 e. The van der Waals surface area contributed by atoms with Crippen LogP contribution < -0.4 is 4.90 Å². The van der Waals surface area contributed by atoms with Crippen LogP contribution in [0, 0.1) is 20.8 Å². The molecule has 3 aromatic heterocycles. The van der Waals surface area contributed by atoms with Crippen molar-refractivity contribution < 1.29 is 14.7 Å². The van der Waals surface area contributed by atoms with Crippen molar-refractivity contribution >= 4 is 51.2 Å². The number of aliphatic hydroxyl groups is 1. The van der Waals surface area contributed by atoms with Crippen LogP contribution in [0.4, 0.5) is 5.13 Å². The predicted molar refractivity (Wildman–Crippen MR) is 126 cm³/mol. The number of Topliss-reactive ketones (excluding diaryl/α,β-unsaturated/α-hetero) is 1. The Morgan fingerprint density at radius 2 is 1.91 bits per heavy atom. The number of carbonyl (C=O) groups is 2. The van der Waals surface area contributed by atoms with Gasteiger partial charge in [0.1, 0.15) is 16.3 Å². The maximum atomic E-state index is 13.3. The Balaban J connectivity index is 1.78. The number of anilines is 1. The highest BCUT2D eigenvalue weighted by atomic mass is 35.5. The van der Waals surface area contributed by atoms with Gasteiger partial charge in [0.25, 0.3) is 5.78 Å². The molecule has 166 valence electrons. The number of ketones is 1. The molecule has 0 saturated carbocycles. The number of hydrogen-bond acceptors (Lipinski definition) is 7. The van der Waals surface area contributed by atoms with Crippen LogP contribution in [0.2, 0.25) is 5.02 Å². The van der Waals surface area contributed by atoms with Gasteiger partial charge in [-0.25, -0.2) is 4.98 Å². The third-order valence-corrected chi connectivity index (χ3v) is 6.71. The number of aryl methyl sites for hydroxylation is 3. The Labute approximate surface area is 197 Å². The summed E-state index contributed by atoms with van der Waals surface area (Å²) in [6.07, 6.45) is 1.83. The maximum absolute atomic E-state index is 13.3. The summed E-state index contributed by atoms with van der Waals surface area (Å²) in [5.41, 5.74) is 2.95. The molecule has 1 aromatic carbocycles. The summed E-state index contributed by atoms with van der Waals surface area (Å²) in [6.45, 7) is 5.47. The molecule has 8 nitrogen and oxygen atoms in total. The van der Waals surface area contributed by atoms with Gasteiger partial charge in [-0.3, -0.25) is 14.5 Å². The SMILES string of the molecule is Cc1nnc(N2C(=O)C(=O)/C(=C(/O)c3nc4c(C)cccn4c3C)C2c2cccc(Cl)c2)s1. The second kappa shape index (κ2) is 7.79. The van der Waals surface area contributed by atoms with Crippen molar-refractivity contribution in [2.45, 2.75) is 26.8 Å². The van der Waals surface area contributed by atoms with Gasteiger partial charge in [0.05, 0.1) is 17.3 Å². The minimum atomic E-state index is -0.929. The molecule has 1 aliphatic rings. The first-order valence-electron chi connectivity index (χ1n) is 10.1. The van der Waals surface area contributed by atoms with Gasteiger partial charge in [0.2, 0.25) is 5.13 Å². The normalized spacial score (nSPS) is 17.9. The van der Waals surface area contributed by atoms with E-state index < -0.39 is 17.7 Å². The first-order chi connectivity index (χ1) is 15.8. The van der Waals surface area contributed by atoms with Gasteiger partial charge in [-0.2, -0.15) is 0 Å². The molecule has 0 spiro atoms. The second-order valence-electron chi connectivity index (χ2n) is 7.76. The monoisotopic (exact) mass is 479 g/mol. The summed E-state index contributed by atoms with van der Waals surface area (Å²) < 4.78 is 1.84. The fraction of sp³-hybridized carbons (Fsp3) is 0.174. The van der Waals surface area contributed by atoms with Gasteiger partial charge < -0.3 is 9.51 Å². The molecule has 4 heterocycles. The second-order valence-corrected chi connectivity index (χ2v) is 9.35. The first kappa shape index (κ1) is 21.3. The number of nitrogens with zero attached hydrogens (tertiary/aromatic N) is 5. The van der Waals surface area contributed by atoms with Crippen LogP contribution >= 0.6 is 22.9 Å². The van der Waals surface area contributed by atoms with Crippen molar-refractivity contribution in [3.8, 4) is 0 Å². The van der Waals surface area contributed by atoms with Crippen LogP contribution in [0.15, 0.2) is 48.2 Å². The molecule has 10 heteroatoms. The van der Waals surface area contributed by atoms with E-state index in [0.717, 1.165) is 5.56 Å². The zero-order valence-electron chi connectivity index (χ0n) is 17.9. The molecule has 1 fully saturated rings. The number of pyridine rings is 1. The zero-order chi connectivity index (χ0) is 23.4. The van der Waals surface area contributed by atoms with E-state index in [1.54, 1.807) is 38.1 Å². The van der Waals surface area contributed by atoms with Crippen LogP contribution in [0.1, 0.15) is 33.6 Å². The highest BCUT2D eigenvalue weighted by Crippen LogP contribution is 2.43. The lowest BCUT2D eigenvalue weighted by Gasteiger charge is -2.22. The number of fused-ring (bicyclic) bond motifs is 1. The molecule has 0 bridgehead atoms. The van der Waals surface area contributed by atoms with Gasteiger partial charge in [-0.1, -0.05) is 41.1 Å². The number of aromatic nitrogens is 4. The number of halogens is 1. The van der Waals surface area contributed by atoms with E-state index in [2.05, 4.69) is 15.2 Å². The van der Waals surface area contributed by atoms with Crippen LogP contribution in [-0.4, -0.2) is 36.4 Å². The number of rotatable bonds is 3. The topological polar surface area (TPSA) is 101 Å². The lowest BCUT2D eigenvalue weighted by atomic mass is 9.96. The number of amides is 1. The predicted octanol–water partition coefficient (Wildman–Crippen LogP) is 4.39. The lowest BCUT2D eigenvalue weighted by molar-refractivity contribution is -0.132. The summed E-state index contributed by atoms with van der Waals surface area (Å²) in [4.78, 5) is 32.3. The average molecular weight is 480 g/mol. The van der Waals surface area contributed by atoms with Crippen LogP contribution in [0.3, 0.4) is 0 Å². The molecule has 1 saturated heterocycles. The molecule has 1 amide bonds. The Hall–Kier alpha value is -3.56. The van der Waals surface area contributed by atoms with Crippen molar-refractivity contribution in [1.82, 2.24) is 19.6 Å². The Morgan fingerprint density at radius 1 is 1.12 bits per heavy atom. The van der Waals surface area contributed by atoms with E-state index in [1.165, 1.54) is 16.2 Å². The molecule has 33 heavy (non-hydrogen) atoms. The van der Waals surface area contributed by atoms with Gasteiger partial charge in [0.15, 0.2) is 5.76 Å². The molecule has 0 aliphatic carbocycles. The standard InChI is InChI=1S/C23H18ClN5O3S/c1-11-6-5-9-28-12(2)17(25-21(11)28)19(30)16-18(14-7-4-8-15(24)10-14)29(22(32)20(16)31)23-27-26-13(3)33-23/h4-10,18,30H,1-3H3/b19-16+. The summed E-state index contributed by atoms with van der Waals surface area (Å²) in [5.74, 6) is -1.96. The molecule has 5 rings (SSSR count). The number of carbonyl (C=O) groups excluding carboxylic acids is 2. The molecule has 1 aliphatic heterocycles. The molecular formula is C23H18ClN5O3S. The summed E-state index contributed by atoms with van der Waals surface area (Å²) in [6, 6.07) is 9.69. The smallest absolute Gasteiger partial charge is 0.301 e. The summed E-state index contributed by atoms with van der Waals surface area (Å²) >= 11 is 7.41. The van der Waals surface area contributed by atoms with Crippen LogP contribution in [-0.2, 0) is 9.59 Å². The van der Waals surface area contributed by atoms with E-state index in [-0.39, 0.29) is 22.2 Å². The van der Waals surface area contributed by atoms with E-state index in [9.17, 15) is 14.7 Å². The van der Waals surface area contributed by atoms with Gasteiger partial charge in [0, 0.05) is 11.2 Å². The fourth-order valence-corrected chi connectivity index (χ4v) is 4.99. The Morgan fingerprint density at radius 3 is 2.58 bits per heavy atom. The van der Waals surface area contributed by atoms with Gasteiger partial charge >= 0.3 is 5.91 Å². The zero-order valence-corrected chi connectivity index (χ0v) is 19.5. The summed E-state index contributed by atoms with van der Waals surface area (Å²) in [5, 5.41) is 20.8. The third-order valence-electron chi connectivity index (χ3n) is 5.64. The van der Waals surface area contributed by atoms with Crippen LogP contribution in [0.25, 0.3) is 11.4 Å². The largest absolute Gasteiger partial charge is 0.505 e. The third kappa shape index (κ3) is 3.32. The summed E-state index contributed by atoms with van der Waals surface area (Å²) in [7, 11) is 0. The molecule has 4 aromatic rings. The first-order valence-corrected chi connectivity index (χ1v) is 11.3. The van der Waals surface area contributed by atoms with Crippen molar-refractivity contribution in [3.63, 3.8) is 0 Å². The van der Waals surface area contributed by atoms with Crippen LogP contribution in [0.5, 0.6) is 0 Å². The number of hydrogen-bond donors (Lipinski definition) is 1. The number of aliphatic hydroxyl groups excluding tert-OH is 1. The van der Waals surface area contributed by atoms with Crippen molar-refractivity contribution in [2.75, 3.05) is 4.90 Å². The molecular weight excluding hydrogens is 462 g/mol. The highest BCUT2D eigenvalue weighted by Gasteiger charge is 2.48. The maximum Gasteiger partial charge on any atom is 0.301 e. The van der Waals surface area contributed by atoms with E-state index >= 15 is 0 Å². The van der Waals surface area contributed by atoms with E-state index in [1.807, 2.05) is 29.7 Å². The average Bonchev–Trinajstić information content (AvgIpc) is 3.43.